The zero-order chi connectivity index (χ0) is 21.4. The summed E-state index contributed by atoms with van der Waals surface area (Å²) in [5.41, 5.74) is 7.39. The van der Waals surface area contributed by atoms with Gasteiger partial charge in [-0.1, -0.05) is 12.1 Å². The Kier molecular flexibility index (Phi) is 5.68. The van der Waals surface area contributed by atoms with Crippen molar-refractivity contribution >= 4 is 23.6 Å². The van der Waals surface area contributed by atoms with Crippen molar-refractivity contribution in [3.8, 4) is 0 Å². The van der Waals surface area contributed by atoms with E-state index in [1.165, 1.54) is 0 Å². The molecule has 0 saturated carbocycles. The Morgan fingerprint density at radius 3 is 2.43 bits per heavy atom. The first-order valence-electron chi connectivity index (χ1n) is 10.4. The average molecular weight is 413 g/mol. The number of fused-ring (bicyclic) bond motifs is 1. The molecule has 1 aromatic rings. The Bertz CT molecular complexity index is 891. The van der Waals surface area contributed by atoms with Crippen molar-refractivity contribution in [1.29, 1.82) is 0 Å². The standard InChI is InChI=1S/C21H27N5O4/c1-13(22)11-24-7-9-25(10-8-24)12-14-3-2-4-15-18(14)21(30)26(20(15)29)16-5-6-17(27)23-19(16)28/h2-4,13,16H,5-12,22H2,1H3,(H,23,27,28)/t13-,16?/m0/s1. The number of nitrogens with zero attached hydrogens (tertiary/aromatic N) is 3. The van der Waals surface area contributed by atoms with Crippen LogP contribution in [0.25, 0.3) is 0 Å². The van der Waals surface area contributed by atoms with E-state index in [0.717, 1.165) is 43.2 Å². The van der Waals surface area contributed by atoms with E-state index in [1.807, 2.05) is 13.0 Å². The second-order valence-corrected chi connectivity index (χ2v) is 8.34. The smallest absolute Gasteiger partial charge is 0.262 e. The normalized spacial score (nSPS) is 24.2. The maximum Gasteiger partial charge on any atom is 0.262 e. The minimum atomic E-state index is -0.940. The summed E-state index contributed by atoms with van der Waals surface area (Å²) in [5.74, 6) is -1.88. The first kappa shape index (κ1) is 20.6. The Balaban J connectivity index is 1.50. The highest BCUT2D eigenvalue weighted by molar-refractivity contribution is 6.24. The number of carbonyl (C=O) groups excluding carboxylic acids is 4. The first-order valence-corrected chi connectivity index (χ1v) is 10.4. The van der Waals surface area contributed by atoms with Crippen LogP contribution in [0, 0.1) is 0 Å². The Morgan fingerprint density at radius 1 is 1.07 bits per heavy atom. The summed E-state index contributed by atoms with van der Waals surface area (Å²) in [4.78, 5) is 55.4. The number of piperidine rings is 1. The van der Waals surface area contributed by atoms with Gasteiger partial charge < -0.3 is 5.73 Å². The molecule has 3 aliphatic heterocycles. The molecule has 30 heavy (non-hydrogen) atoms. The van der Waals surface area contributed by atoms with Gasteiger partial charge in [-0.2, -0.15) is 0 Å². The van der Waals surface area contributed by atoms with Crippen LogP contribution >= 0.6 is 0 Å². The Labute approximate surface area is 175 Å². The van der Waals surface area contributed by atoms with Crippen molar-refractivity contribution < 1.29 is 19.2 Å². The van der Waals surface area contributed by atoms with Gasteiger partial charge in [0.2, 0.25) is 11.8 Å². The third kappa shape index (κ3) is 3.88. The quantitative estimate of drug-likeness (QED) is 0.628. The SMILES string of the molecule is C[C@H](N)CN1CCN(Cc2cccc3c2C(=O)N(C2CCC(=O)NC2=O)C3=O)CC1. The predicted octanol–water partition coefficient (Wildman–Crippen LogP) is -0.447. The monoisotopic (exact) mass is 413 g/mol. The maximum absolute atomic E-state index is 13.2. The van der Waals surface area contributed by atoms with E-state index in [-0.39, 0.29) is 24.8 Å². The summed E-state index contributed by atoms with van der Waals surface area (Å²) < 4.78 is 0. The lowest BCUT2D eigenvalue weighted by Crippen LogP contribution is -2.54. The number of hydrogen-bond acceptors (Lipinski definition) is 7. The van der Waals surface area contributed by atoms with E-state index in [4.69, 9.17) is 5.73 Å². The molecule has 3 N–H and O–H groups in total. The van der Waals surface area contributed by atoms with Gasteiger partial charge in [0, 0.05) is 51.7 Å². The van der Waals surface area contributed by atoms with E-state index in [1.54, 1.807) is 12.1 Å². The number of amides is 4. The van der Waals surface area contributed by atoms with Crippen LogP contribution in [0.3, 0.4) is 0 Å². The minimum Gasteiger partial charge on any atom is -0.327 e. The van der Waals surface area contributed by atoms with Crippen LogP contribution in [-0.2, 0) is 16.1 Å². The maximum atomic E-state index is 13.2. The van der Waals surface area contributed by atoms with Gasteiger partial charge in [0.05, 0.1) is 11.1 Å². The number of rotatable bonds is 5. The third-order valence-electron chi connectivity index (χ3n) is 5.96. The molecule has 3 heterocycles. The second-order valence-electron chi connectivity index (χ2n) is 8.34. The van der Waals surface area contributed by atoms with Crippen LogP contribution in [0.5, 0.6) is 0 Å². The van der Waals surface area contributed by atoms with Gasteiger partial charge in [-0.25, -0.2) is 0 Å². The molecule has 1 unspecified atom stereocenters. The van der Waals surface area contributed by atoms with Gasteiger partial charge in [-0.05, 0) is 25.0 Å². The summed E-state index contributed by atoms with van der Waals surface area (Å²) in [6, 6.07) is 4.47. The lowest BCUT2D eigenvalue weighted by molar-refractivity contribution is -0.136. The van der Waals surface area contributed by atoms with Crippen LogP contribution in [0.1, 0.15) is 46.0 Å². The molecule has 1 aromatic carbocycles. The second kappa shape index (κ2) is 8.25. The van der Waals surface area contributed by atoms with E-state index in [0.29, 0.717) is 17.7 Å². The summed E-state index contributed by atoms with van der Waals surface area (Å²) in [6.45, 7) is 6.96. The summed E-state index contributed by atoms with van der Waals surface area (Å²) in [6.07, 6.45) is 0.273. The Hall–Kier alpha value is -2.62. The van der Waals surface area contributed by atoms with Crippen LogP contribution in [0.15, 0.2) is 18.2 Å². The fourth-order valence-electron chi connectivity index (χ4n) is 4.49. The molecular weight excluding hydrogens is 386 g/mol. The number of carbonyl (C=O) groups is 4. The number of benzene rings is 1. The fraction of sp³-hybridized carbons (Fsp3) is 0.524. The third-order valence-corrected chi connectivity index (χ3v) is 5.96. The number of hydrogen-bond donors (Lipinski definition) is 2. The lowest BCUT2D eigenvalue weighted by Gasteiger charge is -2.35. The minimum absolute atomic E-state index is 0.113. The molecule has 0 aromatic heterocycles. The van der Waals surface area contributed by atoms with Crippen LogP contribution in [0.4, 0.5) is 0 Å². The molecule has 0 aliphatic carbocycles. The molecule has 2 atom stereocenters. The highest BCUT2D eigenvalue weighted by Crippen LogP contribution is 2.30. The largest absolute Gasteiger partial charge is 0.327 e. The highest BCUT2D eigenvalue weighted by atomic mass is 16.2. The van der Waals surface area contributed by atoms with Gasteiger partial charge in [0.25, 0.3) is 11.8 Å². The molecule has 4 amide bonds. The molecule has 0 radical (unpaired) electrons. The fourth-order valence-corrected chi connectivity index (χ4v) is 4.49. The molecule has 0 spiro atoms. The van der Waals surface area contributed by atoms with Crippen molar-refractivity contribution in [3.05, 3.63) is 34.9 Å². The molecule has 0 bridgehead atoms. The van der Waals surface area contributed by atoms with E-state index < -0.39 is 23.8 Å². The molecule has 3 aliphatic rings. The van der Waals surface area contributed by atoms with Crippen molar-refractivity contribution in [3.63, 3.8) is 0 Å². The van der Waals surface area contributed by atoms with Crippen molar-refractivity contribution in [1.82, 2.24) is 20.0 Å². The molecule has 160 valence electrons. The predicted molar refractivity (Wildman–Crippen MR) is 108 cm³/mol. The first-order chi connectivity index (χ1) is 14.3. The summed E-state index contributed by atoms with van der Waals surface area (Å²) in [5, 5.41) is 2.23. The summed E-state index contributed by atoms with van der Waals surface area (Å²) >= 11 is 0. The van der Waals surface area contributed by atoms with E-state index in [2.05, 4.69) is 15.1 Å². The van der Waals surface area contributed by atoms with Crippen molar-refractivity contribution in [2.75, 3.05) is 32.7 Å². The van der Waals surface area contributed by atoms with Gasteiger partial charge in [0.1, 0.15) is 6.04 Å². The average Bonchev–Trinajstić information content (AvgIpc) is 2.95. The Morgan fingerprint density at radius 2 is 1.77 bits per heavy atom. The molecule has 4 rings (SSSR count). The molecular formula is C21H27N5O4. The van der Waals surface area contributed by atoms with Crippen LogP contribution < -0.4 is 11.1 Å². The summed E-state index contributed by atoms with van der Waals surface area (Å²) in [7, 11) is 0. The van der Waals surface area contributed by atoms with Crippen molar-refractivity contribution in [2.24, 2.45) is 5.73 Å². The molecule has 9 heteroatoms. The van der Waals surface area contributed by atoms with Crippen LogP contribution in [0.2, 0.25) is 0 Å². The zero-order valence-corrected chi connectivity index (χ0v) is 17.1. The molecule has 2 saturated heterocycles. The number of imide groups is 2. The van der Waals surface area contributed by atoms with E-state index in [9.17, 15) is 19.2 Å². The highest BCUT2D eigenvalue weighted by Gasteiger charge is 2.45. The van der Waals surface area contributed by atoms with Gasteiger partial charge in [0.15, 0.2) is 0 Å². The zero-order valence-electron chi connectivity index (χ0n) is 17.1. The molecule has 2 fully saturated rings. The van der Waals surface area contributed by atoms with Gasteiger partial charge >= 0.3 is 0 Å². The topological polar surface area (TPSA) is 116 Å². The number of piperazine rings is 1. The molecule has 9 nitrogen and oxygen atoms in total. The van der Waals surface area contributed by atoms with Crippen molar-refractivity contribution in [2.45, 2.75) is 38.4 Å². The van der Waals surface area contributed by atoms with Gasteiger partial charge in [-0.15, -0.1) is 0 Å². The lowest BCUT2D eigenvalue weighted by atomic mass is 10.0. The van der Waals surface area contributed by atoms with Crippen LogP contribution in [-0.4, -0.2) is 83.1 Å². The number of nitrogens with two attached hydrogens (primary N) is 1. The van der Waals surface area contributed by atoms with E-state index >= 15 is 0 Å². The van der Waals surface area contributed by atoms with Gasteiger partial charge in [-0.3, -0.25) is 39.2 Å². The number of nitrogens with one attached hydrogen (secondary N) is 1.